The van der Waals surface area contributed by atoms with E-state index in [2.05, 4.69) is 29.8 Å². The van der Waals surface area contributed by atoms with Crippen molar-refractivity contribution in [2.75, 3.05) is 13.1 Å². The Morgan fingerprint density at radius 1 is 1.10 bits per heavy atom. The van der Waals surface area contributed by atoms with E-state index < -0.39 is 10.0 Å². The largest absolute Gasteiger partial charge is 0.244 e. The summed E-state index contributed by atoms with van der Waals surface area (Å²) in [6.45, 7) is 9.41. The van der Waals surface area contributed by atoms with Crippen LogP contribution in [0.15, 0.2) is 21.5 Å². The van der Waals surface area contributed by atoms with E-state index in [1.54, 1.807) is 10.4 Å². The number of aryl methyl sites for hydroxylation is 2. The second kappa shape index (κ2) is 5.78. The maximum Gasteiger partial charge on any atom is 0.244 e. The molecule has 0 amide bonds. The van der Waals surface area contributed by atoms with Crippen LogP contribution in [0.5, 0.6) is 0 Å². The molecule has 0 aliphatic carbocycles. The Balaban J connectivity index is 2.42. The smallest absolute Gasteiger partial charge is 0.207 e. The molecular formula is C15H22BrNO2S. The van der Waals surface area contributed by atoms with Gasteiger partial charge in [0.1, 0.15) is 0 Å². The second-order valence-corrected chi connectivity index (χ2v) is 8.90. The topological polar surface area (TPSA) is 37.4 Å². The van der Waals surface area contributed by atoms with Crippen molar-refractivity contribution in [2.24, 2.45) is 11.8 Å². The Morgan fingerprint density at radius 3 is 2.15 bits per heavy atom. The van der Waals surface area contributed by atoms with E-state index in [0.29, 0.717) is 34.3 Å². The number of nitrogens with zero attached hydrogens (tertiary/aromatic N) is 1. The van der Waals surface area contributed by atoms with Crippen molar-refractivity contribution >= 4 is 26.0 Å². The van der Waals surface area contributed by atoms with Gasteiger partial charge in [-0.15, -0.1) is 0 Å². The Bertz CT molecular complexity index is 603. The molecule has 5 heteroatoms. The summed E-state index contributed by atoms with van der Waals surface area (Å²) >= 11 is 3.41. The van der Waals surface area contributed by atoms with Crippen molar-refractivity contribution < 1.29 is 8.42 Å². The third kappa shape index (κ3) is 3.10. The SMILES string of the molecule is Cc1cc(Br)c(S(=O)(=O)N2C[C@H](C)C[C@H](C)C2)cc1C. The number of rotatable bonds is 2. The molecule has 1 heterocycles. The zero-order valence-corrected chi connectivity index (χ0v) is 14.9. The first-order valence-corrected chi connectivity index (χ1v) is 9.22. The fourth-order valence-electron chi connectivity index (χ4n) is 2.89. The zero-order chi connectivity index (χ0) is 15.1. The first-order chi connectivity index (χ1) is 9.21. The number of benzene rings is 1. The van der Waals surface area contributed by atoms with E-state index in [4.69, 9.17) is 0 Å². The Kier molecular flexibility index (Phi) is 4.62. The highest BCUT2D eigenvalue weighted by Crippen LogP contribution is 2.31. The Hall–Kier alpha value is -0.390. The van der Waals surface area contributed by atoms with Crippen LogP contribution in [0.2, 0.25) is 0 Å². The normalized spacial score (nSPS) is 24.9. The van der Waals surface area contributed by atoms with E-state index in [1.165, 1.54) is 0 Å². The van der Waals surface area contributed by atoms with Crippen LogP contribution in [0, 0.1) is 25.7 Å². The lowest BCUT2D eigenvalue weighted by molar-refractivity contribution is 0.222. The van der Waals surface area contributed by atoms with Crippen molar-refractivity contribution in [1.82, 2.24) is 4.31 Å². The minimum absolute atomic E-state index is 0.391. The molecule has 0 aromatic heterocycles. The van der Waals surface area contributed by atoms with E-state index >= 15 is 0 Å². The number of sulfonamides is 1. The molecule has 1 saturated heterocycles. The van der Waals surface area contributed by atoms with Crippen molar-refractivity contribution in [3.05, 3.63) is 27.7 Å². The van der Waals surface area contributed by atoms with Gasteiger partial charge in [0, 0.05) is 17.6 Å². The van der Waals surface area contributed by atoms with Gasteiger partial charge in [-0.25, -0.2) is 8.42 Å². The molecule has 2 rings (SSSR count). The fourth-order valence-corrected chi connectivity index (χ4v) is 5.78. The van der Waals surface area contributed by atoms with E-state index in [0.717, 1.165) is 17.5 Å². The standard InChI is InChI=1S/C15H22BrNO2S/c1-10-5-11(2)9-17(8-10)20(18,19)15-7-13(4)12(3)6-14(15)16/h6-7,10-11H,5,8-9H2,1-4H3/t10-,11+. The molecule has 0 N–H and O–H groups in total. The number of hydrogen-bond donors (Lipinski definition) is 0. The second-order valence-electron chi connectivity index (χ2n) is 6.13. The average molecular weight is 360 g/mol. The summed E-state index contributed by atoms with van der Waals surface area (Å²) in [7, 11) is -3.41. The van der Waals surface area contributed by atoms with Gasteiger partial charge in [0.25, 0.3) is 0 Å². The number of piperidine rings is 1. The first kappa shape index (κ1) is 16.0. The van der Waals surface area contributed by atoms with Crippen LogP contribution in [-0.4, -0.2) is 25.8 Å². The quantitative estimate of drug-likeness (QED) is 0.806. The molecular weight excluding hydrogens is 338 g/mol. The minimum Gasteiger partial charge on any atom is -0.207 e. The van der Waals surface area contributed by atoms with Gasteiger partial charge in [-0.1, -0.05) is 13.8 Å². The Morgan fingerprint density at radius 2 is 1.60 bits per heavy atom. The predicted octanol–water partition coefficient (Wildman–Crippen LogP) is 3.73. The number of halogens is 1. The molecule has 1 aliphatic rings. The van der Waals surface area contributed by atoms with E-state index in [9.17, 15) is 8.42 Å². The molecule has 2 atom stereocenters. The molecule has 0 spiro atoms. The summed E-state index contributed by atoms with van der Waals surface area (Å²) in [6, 6.07) is 3.66. The molecule has 0 radical (unpaired) electrons. The first-order valence-electron chi connectivity index (χ1n) is 6.98. The third-order valence-electron chi connectivity index (χ3n) is 4.00. The average Bonchev–Trinajstić information content (AvgIpc) is 2.32. The highest BCUT2D eigenvalue weighted by atomic mass is 79.9. The number of hydrogen-bond acceptors (Lipinski definition) is 2. The molecule has 1 aliphatic heterocycles. The summed E-state index contributed by atoms with van der Waals surface area (Å²) in [5.41, 5.74) is 2.10. The third-order valence-corrected chi connectivity index (χ3v) is 6.79. The maximum atomic E-state index is 12.9. The van der Waals surface area contributed by atoms with Gasteiger partial charge in [0.2, 0.25) is 10.0 Å². The molecule has 1 aromatic carbocycles. The van der Waals surface area contributed by atoms with Gasteiger partial charge in [0.05, 0.1) is 4.90 Å². The van der Waals surface area contributed by atoms with Crippen LogP contribution >= 0.6 is 15.9 Å². The van der Waals surface area contributed by atoms with Crippen LogP contribution in [0.1, 0.15) is 31.4 Å². The predicted molar refractivity (Wildman–Crippen MR) is 85.3 cm³/mol. The monoisotopic (exact) mass is 359 g/mol. The molecule has 112 valence electrons. The maximum absolute atomic E-state index is 12.9. The van der Waals surface area contributed by atoms with Gasteiger partial charge in [-0.05, 0) is 71.3 Å². The zero-order valence-electron chi connectivity index (χ0n) is 12.5. The van der Waals surface area contributed by atoms with Crippen LogP contribution in [-0.2, 0) is 10.0 Å². The minimum atomic E-state index is -3.41. The van der Waals surface area contributed by atoms with Gasteiger partial charge in [0.15, 0.2) is 0 Å². The molecule has 0 saturated carbocycles. The molecule has 1 aromatic rings. The van der Waals surface area contributed by atoms with Gasteiger partial charge in [-0.2, -0.15) is 4.31 Å². The van der Waals surface area contributed by atoms with Crippen LogP contribution < -0.4 is 0 Å². The van der Waals surface area contributed by atoms with E-state index in [1.807, 2.05) is 19.9 Å². The lowest BCUT2D eigenvalue weighted by Gasteiger charge is -2.34. The van der Waals surface area contributed by atoms with Crippen molar-refractivity contribution in [1.29, 1.82) is 0 Å². The fraction of sp³-hybridized carbons (Fsp3) is 0.600. The summed E-state index contributed by atoms with van der Waals surface area (Å²) in [4.78, 5) is 0.391. The molecule has 0 bridgehead atoms. The molecule has 20 heavy (non-hydrogen) atoms. The van der Waals surface area contributed by atoms with Crippen molar-refractivity contribution in [3.63, 3.8) is 0 Å². The Labute approximate surface area is 130 Å². The summed E-state index contributed by atoms with van der Waals surface area (Å²) in [5.74, 6) is 0.831. The highest BCUT2D eigenvalue weighted by molar-refractivity contribution is 9.10. The van der Waals surface area contributed by atoms with Gasteiger partial charge < -0.3 is 0 Å². The summed E-state index contributed by atoms with van der Waals surface area (Å²) < 4.78 is 28.0. The summed E-state index contributed by atoms with van der Waals surface area (Å²) in [5, 5.41) is 0. The van der Waals surface area contributed by atoms with Crippen molar-refractivity contribution in [2.45, 2.75) is 39.0 Å². The lowest BCUT2D eigenvalue weighted by atomic mass is 9.94. The highest BCUT2D eigenvalue weighted by Gasteiger charge is 2.32. The molecule has 0 unspecified atom stereocenters. The van der Waals surface area contributed by atoms with Crippen LogP contribution in [0.3, 0.4) is 0 Å². The summed E-state index contributed by atoms with van der Waals surface area (Å²) in [6.07, 6.45) is 1.10. The molecule has 1 fully saturated rings. The van der Waals surface area contributed by atoms with Gasteiger partial charge in [-0.3, -0.25) is 0 Å². The lowest BCUT2D eigenvalue weighted by Crippen LogP contribution is -2.42. The van der Waals surface area contributed by atoms with Crippen LogP contribution in [0.4, 0.5) is 0 Å². The van der Waals surface area contributed by atoms with Gasteiger partial charge >= 0.3 is 0 Å². The van der Waals surface area contributed by atoms with Crippen LogP contribution in [0.25, 0.3) is 0 Å². The molecule has 3 nitrogen and oxygen atoms in total. The van der Waals surface area contributed by atoms with E-state index in [-0.39, 0.29) is 0 Å². The van der Waals surface area contributed by atoms with Crippen molar-refractivity contribution in [3.8, 4) is 0 Å².